The Morgan fingerprint density at radius 3 is 2.33 bits per heavy atom. The summed E-state index contributed by atoms with van der Waals surface area (Å²) in [6.07, 6.45) is 1.07. The highest BCUT2D eigenvalue weighted by Gasteiger charge is 2.18. The number of nitrogens with zero attached hydrogens (tertiary/aromatic N) is 2. The van der Waals surface area contributed by atoms with Gasteiger partial charge in [0, 0.05) is 12.1 Å². The summed E-state index contributed by atoms with van der Waals surface area (Å²) in [5.74, 6) is 0.0842. The number of ketones is 1. The zero-order valence-corrected chi connectivity index (χ0v) is 13.8. The summed E-state index contributed by atoms with van der Waals surface area (Å²) in [5.41, 5.74) is 4.62. The first-order chi connectivity index (χ1) is 9.96. The summed E-state index contributed by atoms with van der Waals surface area (Å²) in [6.45, 7) is 8.75. The van der Waals surface area contributed by atoms with Crippen molar-refractivity contribution in [2.45, 2.75) is 47.1 Å². The van der Waals surface area contributed by atoms with Crippen LogP contribution in [0.2, 0.25) is 5.02 Å². The first kappa shape index (κ1) is 15.8. The molecule has 112 valence electrons. The molecule has 0 fully saturated rings. The number of aromatic nitrogens is 2. The SMILES string of the molecule is CCc1nn(CC)c(CC(=O)c2cc(C)cc(C)c2)c1Cl. The molecular weight excluding hydrogens is 284 g/mol. The van der Waals surface area contributed by atoms with E-state index in [-0.39, 0.29) is 5.78 Å². The van der Waals surface area contributed by atoms with Gasteiger partial charge in [-0.15, -0.1) is 0 Å². The smallest absolute Gasteiger partial charge is 0.168 e. The van der Waals surface area contributed by atoms with E-state index in [0.29, 0.717) is 11.4 Å². The van der Waals surface area contributed by atoms with Crippen LogP contribution < -0.4 is 0 Å². The maximum Gasteiger partial charge on any atom is 0.168 e. The van der Waals surface area contributed by atoms with Gasteiger partial charge >= 0.3 is 0 Å². The molecule has 0 saturated carbocycles. The number of benzene rings is 1. The van der Waals surface area contributed by atoms with Crippen LogP contribution in [0.4, 0.5) is 0 Å². The van der Waals surface area contributed by atoms with Gasteiger partial charge in [-0.2, -0.15) is 5.10 Å². The second-order valence-corrected chi connectivity index (χ2v) is 5.73. The molecule has 0 unspecified atom stereocenters. The third-order valence-corrected chi connectivity index (χ3v) is 4.00. The molecule has 0 spiro atoms. The van der Waals surface area contributed by atoms with Crippen LogP contribution in [-0.2, 0) is 19.4 Å². The molecule has 0 aliphatic rings. The van der Waals surface area contributed by atoms with E-state index in [1.54, 1.807) is 0 Å². The van der Waals surface area contributed by atoms with Gasteiger partial charge in [0.15, 0.2) is 5.78 Å². The van der Waals surface area contributed by atoms with Crippen LogP contribution in [0, 0.1) is 13.8 Å². The van der Waals surface area contributed by atoms with Crippen LogP contribution >= 0.6 is 11.6 Å². The topological polar surface area (TPSA) is 34.9 Å². The fourth-order valence-electron chi connectivity index (χ4n) is 2.58. The maximum atomic E-state index is 12.5. The second kappa shape index (κ2) is 6.44. The van der Waals surface area contributed by atoms with Gasteiger partial charge in [-0.25, -0.2) is 0 Å². The van der Waals surface area contributed by atoms with E-state index in [1.165, 1.54) is 0 Å². The quantitative estimate of drug-likeness (QED) is 0.777. The third kappa shape index (κ3) is 3.35. The van der Waals surface area contributed by atoms with Crippen molar-refractivity contribution in [2.24, 2.45) is 0 Å². The van der Waals surface area contributed by atoms with Gasteiger partial charge in [-0.3, -0.25) is 9.48 Å². The number of Topliss-reactive ketones (excluding diaryl/α,β-unsaturated/α-hetero) is 1. The van der Waals surface area contributed by atoms with Crippen molar-refractivity contribution in [3.8, 4) is 0 Å². The number of hydrogen-bond acceptors (Lipinski definition) is 2. The average molecular weight is 305 g/mol. The van der Waals surface area contributed by atoms with Gasteiger partial charge in [-0.1, -0.05) is 35.7 Å². The normalized spacial score (nSPS) is 10.9. The molecule has 1 heterocycles. The lowest BCUT2D eigenvalue weighted by atomic mass is 10.0. The van der Waals surface area contributed by atoms with Crippen molar-refractivity contribution < 1.29 is 4.79 Å². The Kier molecular flexibility index (Phi) is 4.84. The molecule has 2 aromatic rings. The predicted molar refractivity (Wildman–Crippen MR) is 86.2 cm³/mol. The molecule has 0 N–H and O–H groups in total. The van der Waals surface area contributed by atoms with Crippen LogP contribution in [0.1, 0.15) is 46.7 Å². The van der Waals surface area contributed by atoms with E-state index in [1.807, 2.05) is 44.5 Å². The van der Waals surface area contributed by atoms with Crippen molar-refractivity contribution in [1.29, 1.82) is 0 Å². The molecule has 4 heteroatoms. The molecule has 21 heavy (non-hydrogen) atoms. The highest BCUT2D eigenvalue weighted by Crippen LogP contribution is 2.23. The van der Waals surface area contributed by atoms with Crippen molar-refractivity contribution in [3.05, 3.63) is 51.3 Å². The minimum Gasteiger partial charge on any atom is -0.294 e. The third-order valence-electron chi connectivity index (χ3n) is 3.57. The Morgan fingerprint density at radius 1 is 1.19 bits per heavy atom. The molecule has 0 saturated heterocycles. The van der Waals surface area contributed by atoms with Crippen LogP contribution in [-0.4, -0.2) is 15.6 Å². The zero-order valence-electron chi connectivity index (χ0n) is 13.0. The monoisotopic (exact) mass is 304 g/mol. The molecule has 2 rings (SSSR count). The number of carbonyl (C=O) groups is 1. The van der Waals surface area contributed by atoms with Crippen molar-refractivity contribution in [2.75, 3.05) is 0 Å². The number of carbonyl (C=O) groups excluding carboxylic acids is 1. The maximum absolute atomic E-state index is 12.5. The summed E-state index contributed by atoms with van der Waals surface area (Å²) in [6, 6.07) is 5.92. The van der Waals surface area contributed by atoms with Crippen LogP contribution in [0.15, 0.2) is 18.2 Å². The molecule has 3 nitrogen and oxygen atoms in total. The first-order valence-corrected chi connectivity index (χ1v) is 7.69. The number of aryl methyl sites for hydroxylation is 4. The number of halogens is 1. The highest BCUT2D eigenvalue weighted by molar-refractivity contribution is 6.32. The Balaban J connectivity index is 2.33. The number of rotatable bonds is 5. The predicted octanol–water partition coefficient (Wildman–Crippen LogP) is 4.16. The Hall–Kier alpha value is -1.61. The van der Waals surface area contributed by atoms with E-state index in [9.17, 15) is 4.79 Å². The molecular formula is C17H21ClN2O. The Labute approximate surface area is 130 Å². The van der Waals surface area contributed by atoms with E-state index >= 15 is 0 Å². The lowest BCUT2D eigenvalue weighted by Gasteiger charge is -2.07. The van der Waals surface area contributed by atoms with Gasteiger partial charge in [0.1, 0.15) is 0 Å². The molecule has 1 aromatic heterocycles. The van der Waals surface area contributed by atoms with Crippen molar-refractivity contribution >= 4 is 17.4 Å². The summed E-state index contributed by atoms with van der Waals surface area (Å²) in [5, 5.41) is 5.10. The molecule has 0 radical (unpaired) electrons. The molecule has 0 amide bonds. The van der Waals surface area contributed by atoms with Crippen LogP contribution in [0.3, 0.4) is 0 Å². The minimum absolute atomic E-state index is 0.0842. The number of hydrogen-bond donors (Lipinski definition) is 0. The highest BCUT2D eigenvalue weighted by atomic mass is 35.5. The van der Waals surface area contributed by atoms with Crippen LogP contribution in [0.25, 0.3) is 0 Å². The van der Waals surface area contributed by atoms with E-state index in [2.05, 4.69) is 11.2 Å². The molecule has 1 aromatic carbocycles. The van der Waals surface area contributed by atoms with Crippen LogP contribution in [0.5, 0.6) is 0 Å². The fourth-order valence-corrected chi connectivity index (χ4v) is 2.91. The fraction of sp³-hybridized carbons (Fsp3) is 0.412. The van der Waals surface area contributed by atoms with E-state index in [0.717, 1.165) is 41.0 Å². The Morgan fingerprint density at radius 2 is 1.81 bits per heavy atom. The average Bonchev–Trinajstić information content (AvgIpc) is 2.74. The molecule has 0 bridgehead atoms. The molecule has 0 aliphatic heterocycles. The largest absolute Gasteiger partial charge is 0.294 e. The van der Waals surface area contributed by atoms with E-state index in [4.69, 9.17) is 11.6 Å². The minimum atomic E-state index is 0.0842. The van der Waals surface area contributed by atoms with Gasteiger partial charge in [0.2, 0.25) is 0 Å². The second-order valence-electron chi connectivity index (χ2n) is 5.35. The lowest BCUT2D eigenvalue weighted by Crippen LogP contribution is -2.10. The standard InChI is InChI=1S/C17H21ClN2O/c1-5-14-17(18)15(20(6-2)19-14)10-16(21)13-8-11(3)7-12(4)9-13/h7-9H,5-6,10H2,1-4H3. The van der Waals surface area contributed by atoms with Gasteiger partial charge in [0.25, 0.3) is 0 Å². The lowest BCUT2D eigenvalue weighted by molar-refractivity contribution is 0.0990. The van der Waals surface area contributed by atoms with Gasteiger partial charge < -0.3 is 0 Å². The summed E-state index contributed by atoms with van der Waals surface area (Å²) < 4.78 is 1.84. The van der Waals surface area contributed by atoms with E-state index < -0.39 is 0 Å². The molecule has 0 atom stereocenters. The van der Waals surface area contributed by atoms with Crippen molar-refractivity contribution in [1.82, 2.24) is 9.78 Å². The Bertz CT molecular complexity index is 653. The zero-order chi connectivity index (χ0) is 15.6. The summed E-state index contributed by atoms with van der Waals surface area (Å²) >= 11 is 6.37. The van der Waals surface area contributed by atoms with Gasteiger partial charge in [0.05, 0.1) is 22.8 Å². The summed E-state index contributed by atoms with van der Waals surface area (Å²) in [4.78, 5) is 12.5. The molecule has 0 aliphatic carbocycles. The first-order valence-electron chi connectivity index (χ1n) is 7.31. The summed E-state index contributed by atoms with van der Waals surface area (Å²) in [7, 11) is 0. The van der Waals surface area contributed by atoms with Crippen molar-refractivity contribution in [3.63, 3.8) is 0 Å². The van der Waals surface area contributed by atoms with Gasteiger partial charge in [-0.05, 0) is 39.3 Å².